The van der Waals surface area contributed by atoms with Crippen LogP contribution in [-0.4, -0.2) is 11.1 Å². The molecule has 0 aliphatic rings. The monoisotopic (exact) mass is 282 g/mol. The van der Waals surface area contributed by atoms with Crippen molar-refractivity contribution >= 4 is 16.9 Å². The molecular formula is C17H14O4. The van der Waals surface area contributed by atoms with Crippen molar-refractivity contribution in [2.75, 3.05) is 0 Å². The van der Waals surface area contributed by atoms with E-state index in [9.17, 15) is 4.79 Å². The summed E-state index contributed by atoms with van der Waals surface area (Å²) in [4.78, 5) is 10.9. The fourth-order valence-corrected chi connectivity index (χ4v) is 2.15. The van der Waals surface area contributed by atoms with Gasteiger partial charge in [-0.3, -0.25) is 0 Å². The molecule has 1 aromatic heterocycles. The van der Waals surface area contributed by atoms with Crippen LogP contribution in [0, 0.1) is 0 Å². The maximum Gasteiger partial charge on any atom is 0.335 e. The van der Waals surface area contributed by atoms with E-state index in [1.807, 2.05) is 36.4 Å². The molecule has 2 aromatic carbocycles. The smallest absolute Gasteiger partial charge is 0.335 e. The summed E-state index contributed by atoms with van der Waals surface area (Å²) in [7, 11) is 0. The van der Waals surface area contributed by atoms with Gasteiger partial charge in [-0.25, -0.2) is 4.79 Å². The molecule has 0 aliphatic carbocycles. The number of furan rings is 1. The van der Waals surface area contributed by atoms with Crippen LogP contribution in [0.4, 0.5) is 0 Å². The summed E-state index contributed by atoms with van der Waals surface area (Å²) in [6.07, 6.45) is 0. The third-order valence-electron chi connectivity index (χ3n) is 3.17. The van der Waals surface area contributed by atoms with Gasteiger partial charge in [-0.15, -0.1) is 0 Å². The summed E-state index contributed by atoms with van der Waals surface area (Å²) in [5, 5.41) is 9.73. The third kappa shape index (κ3) is 3.12. The first-order valence-corrected chi connectivity index (χ1v) is 6.60. The van der Waals surface area contributed by atoms with Gasteiger partial charge in [-0.1, -0.05) is 30.3 Å². The number of carbonyl (C=O) groups is 1. The van der Waals surface area contributed by atoms with E-state index < -0.39 is 5.97 Å². The number of hydrogen-bond donors (Lipinski definition) is 1. The van der Waals surface area contributed by atoms with Crippen LogP contribution >= 0.6 is 0 Å². The van der Waals surface area contributed by atoms with Crippen molar-refractivity contribution in [1.29, 1.82) is 0 Å². The molecule has 0 saturated carbocycles. The molecule has 0 atom stereocenters. The lowest BCUT2D eigenvalue weighted by Gasteiger charge is -2.01. The van der Waals surface area contributed by atoms with Gasteiger partial charge in [0.1, 0.15) is 18.0 Å². The molecule has 0 spiro atoms. The van der Waals surface area contributed by atoms with Crippen LogP contribution in [0.1, 0.15) is 21.7 Å². The van der Waals surface area contributed by atoms with Crippen molar-refractivity contribution in [3.63, 3.8) is 0 Å². The maximum absolute atomic E-state index is 10.9. The summed E-state index contributed by atoms with van der Waals surface area (Å²) >= 11 is 0. The van der Waals surface area contributed by atoms with Gasteiger partial charge in [0.2, 0.25) is 0 Å². The number of benzene rings is 2. The van der Waals surface area contributed by atoms with Gasteiger partial charge in [0.15, 0.2) is 0 Å². The Kier molecular flexibility index (Phi) is 3.71. The largest absolute Gasteiger partial charge is 0.478 e. The van der Waals surface area contributed by atoms with E-state index in [1.165, 1.54) is 6.07 Å². The first-order chi connectivity index (χ1) is 10.2. The molecule has 0 bridgehead atoms. The van der Waals surface area contributed by atoms with Gasteiger partial charge in [0.25, 0.3) is 0 Å². The van der Waals surface area contributed by atoms with Gasteiger partial charge >= 0.3 is 5.97 Å². The fraction of sp³-hybridized carbons (Fsp3) is 0.118. The zero-order chi connectivity index (χ0) is 14.7. The Morgan fingerprint density at radius 2 is 1.86 bits per heavy atom. The molecule has 0 radical (unpaired) electrons. The van der Waals surface area contributed by atoms with Crippen LogP contribution in [0.15, 0.2) is 59.0 Å². The van der Waals surface area contributed by atoms with E-state index in [0.717, 1.165) is 10.9 Å². The van der Waals surface area contributed by atoms with Crippen molar-refractivity contribution < 1.29 is 19.1 Å². The molecule has 1 N–H and O–H groups in total. The van der Waals surface area contributed by atoms with Crippen molar-refractivity contribution in [3.05, 3.63) is 71.5 Å². The Morgan fingerprint density at radius 3 is 2.62 bits per heavy atom. The first kappa shape index (κ1) is 13.4. The lowest BCUT2D eigenvalue weighted by atomic mass is 10.1. The summed E-state index contributed by atoms with van der Waals surface area (Å²) in [5.74, 6) is -0.261. The molecule has 0 saturated heterocycles. The normalized spacial score (nSPS) is 10.9. The van der Waals surface area contributed by atoms with E-state index in [1.54, 1.807) is 12.1 Å². The second-order valence-electron chi connectivity index (χ2n) is 4.75. The SMILES string of the molecule is O=C(O)c1ccc2oc(COCc3ccccc3)cc2c1. The minimum absolute atomic E-state index is 0.250. The highest BCUT2D eigenvalue weighted by atomic mass is 16.5. The Morgan fingerprint density at radius 1 is 1.05 bits per heavy atom. The lowest BCUT2D eigenvalue weighted by molar-refractivity contribution is 0.0697. The van der Waals surface area contributed by atoms with Crippen molar-refractivity contribution in [2.45, 2.75) is 13.2 Å². The van der Waals surface area contributed by atoms with Crippen molar-refractivity contribution in [2.24, 2.45) is 0 Å². The Balaban J connectivity index is 1.68. The molecule has 3 aromatic rings. The van der Waals surface area contributed by atoms with E-state index in [0.29, 0.717) is 24.6 Å². The van der Waals surface area contributed by atoms with E-state index in [-0.39, 0.29) is 5.56 Å². The standard InChI is InChI=1S/C17H14O4/c18-17(19)13-6-7-16-14(8-13)9-15(21-16)11-20-10-12-4-2-1-3-5-12/h1-9H,10-11H2,(H,18,19). The Hall–Kier alpha value is -2.59. The van der Waals surface area contributed by atoms with Crippen molar-refractivity contribution in [3.8, 4) is 0 Å². The van der Waals surface area contributed by atoms with Gasteiger partial charge < -0.3 is 14.3 Å². The molecular weight excluding hydrogens is 268 g/mol. The fourth-order valence-electron chi connectivity index (χ4n) is 2.15. The predicted octanol–water partition coefficient (Wildman–Crippen LogP) is 3.85. The molecule has 4 heteroatoms. The lowest BCUT2D eigenvalue weighted by Crippen LogP contribution is -1.94. The topological polar surface area (TPSA) is 59.7 Å². The van der Waals surface area contributed by atoms with Crippen molar-refractivity contribution in [1.82, 2.24) is 0 Å². The molecule has 0 fully saturated rings. The number of carboxylic acid groups (broad SMARTS) is 1. The number of aromatic carboxylic acids is 1. The van der Waals surface area contributed by atoms with Crippen LogP contribution in [0.2, 0.25) is 0 Å². The van der Waals surface area contributed by atoms with Gasteiger partial charge in [-0.2, -0.15) is 0 Å². The summed E-state index contributed by atoms with van der Waals surface area (Å²) in [5.41, 5.74) is 2.01. The van der Waals surface area contributed by atoms with Crippen LogP contribution < -0.4 is 0 Å². The van der Waals surface area contributed by atoms with Gasteiger partial charge in [-0.05, 0) is 29.8 Å². The summed E-state index contributed by atoms with van der Waals surface area (Å²) in [6.45, 7) is 0.865. The van der Waals surface area contributed by atoms with Gasteiger partial charge in [0.05, 0.1) is 12.2 Å². The van der Waals surface area contributed by atoms with E-state index in [4.69, 9.17) is 14.3 Å². The van der Waals surface area contributed by atoms with E-state index in [2.05, 4.69) is 0 Å². The molecule has 0 aliphatic heterocycles. The second kappa shape index (κ2) is 5.81. The highest BCUT2D eigenvalue weighted by Crippen LogP contribution is 2.21. The molecule has 21 heavy (non-hydrogen) atoms. The number of ether oxygens (including phenoxy) is 1. The number of rotatable bonds is 5. The summed E-state index contributed by atoms with van der Waals surface area (Å²) in [6, 6.07) is 16.5. The molecule has 1 heterocycles. The molecule has 4 nitrogen and oxygen atoms in total. The number of carboxylic acids is 1. The van der Waals surface area contributed by atoms with Gasteiger partial charge in [0, 0.05) is 5.39 Å². The molecule has 3 rings (SSSR count). The van der Waals surface area contributed by atoms with Crippen LogP contribution in [0.3, 0.4) is 0 Å². The Labute approximate surface area is 121 Å². The predicted molar refractivity (Wildman–Crippen MR) is 78.1 cm³/mol. The minimum Gasteiger partial charge on any atom is -0.478 e. The zero-order valence-corrected chi connectivity index (χ0v) is 11.3. The second-order valence-corrected chi connectivity index (χ2v) is 4.75. The number of hydrogen-bond acceptors (Lipinski definition) is 3. The minimum atomic E-state index is -0.944. The van der Waals surface area contributed by atoms with E-state index >= 15 is 0 Å². The number of fused-ring (bicyclic) bond motifs is 1. The molecule has 0 unspecified atom stereocenters. The third-order valence-corrected chi connectivity index (χ3v) is 3.17. The quantitative estimate of drug-likeness (QED) is 0.772. The Bertz CT molecular complexity index is 759. The van der Waals surface area contributed by atoms with Crippen LogP contribution in [0.25, 0.3) is 11.0 Å². The zero-order valence-electron chi connectivity index (χ0n) is 11.3. The van der Waals surface area contributed by atoms with Crippen LogP contribution in [-0.2, 0) is 18.0 Å². The molecule has 0 amide bonds. The summed E-state index contributed by atoms with van der Waals surface area (Å²) < 4.78 is 11.2. The molecule has 106 valence electrons. The maximum atomic E-state index is 10.9. The average Bonchev–Trinajstić information content (AvgIpc) is 2.90. The van der Waals surface area contributed by atoms with Crippen LogP contribution in [0.5, 0.6) is 0 Å². The average molecular weight is 282 g/mol. The highest BCUT2D eigenvalue weighted by molar-refractivity contribution is 5.93. The highest BCUT2D eigenvalue weighted by Gasteiger charge is 2.08. The first-order valence-electron chi connectivity index (χ1n) is 6.60.